The lowest BCUT2D eigenvalue weighted by Gasteiger charge is -2.16. The third-order valence-electron chi connectivity index (χ3n) is 17.8. The summed E-state index contributed by atoms with van der Waals surface area (Å²) in [7, 11) is 0. The van der Waals surface area contributed by atoms with E-state index in [2.05, 4.69) is 151 Å². The number of rotatable bonds is 12. The summed E-state index contributed by atoms with van der Waals surface area (Å²) < 4.78 is 22.9. The lowest BCUT2D eigenvalue weighted by atomic mass is 10.00. The smallest absolute Gasteiger partial charge is 0.217 e. The van der Waals surface area contributed by atoms with Crippen LogP contribution in [0, 0.1) is 0 Å². The fourth-order valence-corrected chi connectivity index (χ4v) is 13.4. The highest BCUT2D eigenvalue weighted by Gasteiger charge is 2.26. The number of aliphatic imine (C=N–C) groups is 2. The van der Waals surface area contributed by atoms with Gasteiger partial charge >= 0.3 is 0 Å². The van der Waals surface area contributed by atoms with Gasteiger partial charge in [-0.3, -0.25) is 4.57 Å². The molecule has 10 heterocycles. The molecule has 0 amide bonds. The molecule has 1 unspecified atom stereocenters. The van der Waals surface area contributed by atoms with Gasteiger partial charge in [0.25, 0.3) is 0 Å². The van der Waals surface area contributed by atoms with Crippen molar-refractivity contribution < 1.29 is 8.83 Å². The van der Waals surface area contributed by atoms with Crippen LogP contribution in [0.15, 0.2) is 294 Å². The molecule has 0 spiro atoms. The molecule has 18 aromatic rings. The summed E-state index contributed by atoms with van der Waals surface area (Å²) in [5.74, 6) is 2.78. The Morgan fingerprint density at radius 1 is 0.351 bits per heavy atom. The van der Waals surface area contributed by atoms with Gasteiger partial charge < -0.3 is 18.0 Å². The summed E-state index contributed by atoms with van der Waals surface area (Å²) in [6.45, 7) is 0. The maximum Gasteiger partial charge on any atom is 0.217 e. The minimum Gasteiger partial charge on any atom is -0.460 e. The standard InChI is InChI=1S/C77H47N15O2/c1-5-13-47(14-6-1)66-42-80-74(85-66)71-58(29-31-93-71)49-22-26-69-61(36-49)62-37-50(59-30-32-94-72(59)75-84-46-89(87-75)54-17-9-3-10-18-54)23-27-70(62)91(69)56-33-52(34-57(39-56)92-76-64(40-78-43-81-76)65-41-79-44-82-77(65)92)48-21-25-67-60(35-48)63-38-51(24-28-68(63)90(67)55-19-11-4-12-20-55)73-83-45-88(86-73)53-15-7-2-8-16-53/h1-46,66H. The first-order chi connectivity index (χ1) is 46.6. The predicted octanol–water partition coefficient (Wildman–Crippen LogP) is 16.8. The number of para-hydroxylation sites is 3. The monoisotopic (exact) mass is 1210 g/mol. The first-order valence-corrected chi connectivity index (χ1v) is 30.6. The van der Waals surface area contributed by atoms with Crippen molar-refractivity contribution in [3.05, 3.63) is 286 Å². The Labute approximate surface area is 533 Å². The average molecular weight is 1210 g/mol. The zero-order chi connectivity index (χ0) is 61.8. The van der Waals surface area contributed by atoms with Crippen molar-refractivity contribution in [2.24, 2.45) is 9.98 Å². The van der Waals surface area contributed by atoms with E-state index in [-0.39, 0.29) is 6.04 Å². The molecule has 0 radical (unpaired) electrons. The second-order valence-electron chi connectivity index (χ2n) is 23.1. The summed E-state index contributed by atoms with van der Waals surface area (Å²) in [6, 6.07) is 77.6. The number of amidine groups is 1. The molecule has 19 rings (SSSR count). The molecule has 0 saturated heterocycles. The fourth-order valence-electron chi connectivity index (χ4n) is 13.4. The molecule has 0 bridgehead atoms. The summed E-state index contributed by atoms with van der Waals surface area (Å²) in [6.07, 6.45) is 15.6. The van der Waals surface area contributed by atoms with Crippen LogP contribution in [-0.2, 0) is 0 Å². The largest absolute Gasteiger partial charge is 0.460 e. The SMILES string of the molecule is C1=NC(c2occc2-c2ccc3c(c2)c2cc(-c4ccoc4-c4ncn(-c5ccccc5)n4)ccc2n3-c2cc(-c3ccc4c(c3)c3cc(-c5ncn(-c6ccccc6)n5)ccc3n4-c3ccccc3)cc(-n3c4ncncc4c4cncnc43)c2)=NC1c1ccccc1. The highest BCUT2D eigenvalue weighted by atomic mass is 16.3. The van der Waals surface area contributed by atoms with Crippen molar-refractivity contribution in [2.75, 3.05) is 0 Å². The molecule has 0 saturated carbocycles. The van der Waals surface area contributed by atoms with Crippen LogP contribution in [0.5, 0.6) is 0 Å². The molecule has 1 aliphatic heterocycles. The van der Waals surface area contributed by atoms with E-state index < -0.39 is 0 Å². The van der Waals surface area contributed by atoms with Crippen LogP contribution >= 0.6 is 0 Å². The summed E-state index contributed by atoms with van der Waals surface area (Å²) in [5, 5.41) is 15.6. The maximum absolute atomic E-state index is 6.29. The second kappa shape index (κ2) is 21.2. The van der Waals surface area contributed by atoms with E-state index in [1.165, 1.54) is 0 Å². The van der Waals surface area contributed by atoms with E-state index in [4.69, 9.17) is 49.0 Å². The van der Waals surface area contributed by atoms with Crippen molar-refractivity contribution in [1.82, 2.24) is 63.2 Å². The van der Waals surface area contributed by atoms with E-state index >= 15 is 0 Å². The number of aromatic nitrogens is 13. The highest BCUT2D eigenvalue weighted by molar-refractivity contribution is 6.15. The molecule has 442 valence electrons. The van der Waals surface area contributed by atoms with Crippen molar-refractivity contribution in [3.8, 4) is 84.8 Å². The van der Waals surface area contributed by atoms with Crippen LogP contribution in [0.4, 0.5) is 0 Å². The Morgan fingerprint density at radius 2 is 0.819 bits per heavy atom. The molecule has 17 heteroatoms. The van der Waals surface area contributed by atoms with Crippen LogP contribution in [0.25, 0.3) is 150 Å². The Kier molecular flexibility index (Phi) is 11.9. The molecule has 0 N–H and O–H groups in total. The van der Waals surface area contributed by atoms with Crippen molar-refractivity contribution >= 4 is 77.7 Å². The predicted molar refractivity (Wildman–Crippen MR) is 366 cm³/mol. The topological polar surface area (TPSA) is 179 Å². The van der Waals surface area contributed by atoms with Gasteiger partial charge in [-0.25, -0.2) is 49.3 Å². The van der Waals surface area contributed by atoms with Gasteiger partial charge in [0.2, 0.25) is 5.82 Å². The number of hydrogen-bond acceptors (Lipinski definition) is 12. The number of nitrogens with zero attached hydrogens (tertiary/aromatic N) is 15. The summed E-state index contributed by atoms with van der Waals surface area (Å²) in [5.41, 5.74) is 17.5. The van der Waals surface area contributed by atoms with Gasteiger partial charge in [0.05, 0.1) is 51.7 Å². The minimum absolute atomic E-state index is 0.227. The third kappa shape index (κ3) is 8.56. The average Bonchev–Trinajstić information content (AvgIpc) is 1.62. The van der Waals surface area contributed by atoms with Crippen molar-refractivity contribution in [2.45, 2.75) is 6.04 Å². The molecule has 0 aliphatic carbocycles. The van der Waals surface area contributed by atoms with E-state index in [1.807, 2.05) is 120 Å². The normalized spacial score (nSPS) is 13.2. The molecule has 94 heavy (non-hydrogen) atoms. The summed E-state index contributed by atoms with van der Waals surface area (Å²) in [4.78, 5) is 38.3. The number of furan rings is 2. The van der Waals surface area contributed by atoms with Crippen LogP contribution in [0.1, 0.15) is 17.4 Å². The van der Waals surface area contributed by atoms with E-state index in [1.54, 1.807) is 42.5 Å². The van der Waals surface area contributed by atoms with Crippen molar-refractivity contribution in [1.29, 1.82) is 0 Å². The zero-order valence-electron chi connectivity index (χ0n) is 49.7. The molecule has 9 aromatic carbocycles. The highest BCUT2D eigenvalue weighted by Crippen LogP contribution is 2.44. The third-order valence-corrected chi connectivity index (χ3v) is 17.8. The van der Waals surface area contributed by atoms with Crippen LogP contribution in [-0.4, -0.2) is 75.2 Å². The minimum atomic E-state index is -0.227. The first-order valence-electron chi connectivity index (χ1n) is 30.6. The Hall–Kier alpha value is -13.3. The lowest BCUT2D eigenvalue weighted by molar-refractivity contribution is 0.557. The van der Waals surface area contributed by atoms with E-state index in [9.17, 15) is 0 Å². The van der Waals surface area contributed by atoms with Gasteiger partial charge in [-0.05, 0) is 149 Å². The van der Waals surface area contributed by atoms with Crippen LogP contribution in [0.3, 0.4) is 0 Å². The summed E-state index contributed by atoms with van der Waals surface area (Å²) >= 11 is 0. The molecular formula is C77H47N15O2. The van der Waals surface area contributed by atoms with Crippen LogP contribution < -0.4 is 0 Å². The second-order valence-corrected chi connectivity index (χ2v) is 23.1. The fraction of sp³-hybridized carbons (Fsp3) is 0.0130. The van der Waals surface area contributed by atoms with Crippen molar-refractivity contribution in [3.63, 3.8) is 0 Å². The quantitative estimate of drug-likeness (QED) is 0.114. The van der Waals surface area contributed by atoms with Gasteiger partial charge in [0.1, 0.15) is 42.6 Å². The Bertz CT molecular complexity index is 6020. The van der Waals surface area contributed by atoms with Gasteiger partial charge in [0, 0.05) is 79.0 Å². The number of fused-ring (bicyclic) bond motifs is 9. The molecular weight excluding hydrogens is 1170 g/mol. The lowest BCUT2D eigenvalue weighted by Crippen LogP contribution is -2.02. The van der Waals surface area contributed by atoms with E-state index in [0.29, 0.717) is 40.3 Å². The van der Waals surface area contributed by atoms with Gasteiger partial charge in [0.15, 0.2) is 23.2 Å². The molecule has 1 aliphatic rings. The van der Waals surface area contributed by atoms with Gasteiger partial charge in [-0.1, -0.05) is 103 Å². The zero-order valence-corrected chi connectivity index (χ0v) is 49.7. The van der Waals surface area contributed by atoms with E-state index in [0.717, 1.165) is 127 Å². The number of hydrogen-bond donors (Lipinski definition) is 0. The molecule has 9 aromatic heterocycles. The molecule has 17 nitrogen and oxygen atoms in total. The van der Waals surface area contributed by atoms with Gasteiger partial charge in [-0.2, -0.15) is 0 Å². The van der Waals surface area contributed by atoms with Crippen LogP contribution in [0.2, 0.25) is 0 Å². The number of benzene rings is 9. The Balaban J connectivity index is 0.828. The molecule has 0 fully saturated rings. The Morgan fingerprint density at radius 3 is 1.41 bits per heavy atom. The van der Waals surface area contributed by atoms with Gasteiger partial charge in [-0.15, -0.1) is 10.2 Å². The first kappa shape index (κ1) is 52.6. The molecule has 1 atom stereocenters. The maximum atomic E-state index is 6.29.